The number of nitrogens with one attached hydrogen (secondary N) is 1. The summed E-state index contributed by atoms with van der Waals surface area (Å²) in [6.07, 6.45) is 71.4. The maximum atomic E-state index is 13.5. The Labute approximate surface area is 463 Å². The molecule has 0 aromatic rings. The van der Waals surface area contributed by atoms with Crippen molar-refractivity contribution in [3.8, 4) is 0 Å². The summed E-state index contributed by atoms with van der Waals surface area (Å²) in [6.45, 7) is 6.86. The molecule has 434 valence electrons. The largest absolute Gasteiger partial charge is 0.472 e. The number of allylic oxidation sites excluding steroid dienone is 13. The summed E-state index contributed by atoms with van der Waals surface area (Å²) in [7, 11) is 1.47. The van der Waals surface area contributed by atoms with Gasteiger partial charge in [-0.2, -0.15) is 0 Å². The highest BCUT2D eigenvalue weighted by molar-refractivity contribution is 7.47. The lowest BCUT2D eigenvalue weighted by Gasteiger charge is -2.27. The van der Waals surface area contributed by atoms with Gasteiger partial charge in [0.15, 0.2) is 0 Å². The summed E-state index contributed by atoms with van der Waals surface area (Å²) in [4.78, 5) is 37.7. The average molecular weight is 1070 g/mol. The monoisotopic (exact) mass is 1070 g/mol. The van der Waals surface area contributed by atoms with Crippen LogP contribution >= 0.6 is 7.82 Å². The Hall–Kier alpha value is -2.81. The van der Waals surface area contributed by atoms with Gasteiger partial charge < -0.3 is 19.4 Å². The van der Waals surface area contributed by atoms with Crippen LogP contribution in [0.2, 0.25) is 0 Å². The Kier molecular flexibility index (Phi) is 52.5. The van der Waals surface area contributed by atoms with Crippen molar-refractivity contribution in [3.63, 3.8) is 0 Å². The molecule has 0 fully saturated rings. The zero-order chi connectivity index (χ0) is 55.0. The quantitative estimate of drug-likeness (QED) is 0.0205. The topological polar surface area (TPSA) is 111 Å². The molecule has 3 atom stereocenters. The second-order valence-electron chi connectivity index (χ2n) is 21.8. The Balaban J connectivity index is 5.28. The molecule has 10 heteroatoms. The zero-order valence-corrected chi connectivity index (χ0v) is 50.4. The molecule has 0 saturated carbocycles. The number of phosphoric ester groups is 1. The molecule has 0 spiro atoms. The van der Waals surface area contributed by atoms with Crippen LogP contribution in [0.15, 0.2) is 85.1 Å². The van der Waals surface area contributed by atoms with Crippen molar-refractivity contribution < 1.29 is 37.3 Å². The smallest absolute Gasteiger partial charge is 0.456 e. The standard InChI is InChI=1S/C65H117N2O7P/c1-7-10-13-16-19-22-25-28-30-32-33-34-35-36-38-40-43-46-49-52-55-58-65(69)74-63(56-53-50-47-44-41-27-24-21-18-15-12-9-3)62(61-73-75(70,71)72-60-59-67(4,5)6)66-64(68)57-54-51-48-45-42-39-37-31-29-26-23-20-17-14-11-8-2/h11,14,19-20,22-23,28-31,33-34,53,56,62-63H,7-10,12-13,15-18,21,24-27,32,35-52,54-55,57-61H2,1-6H3,(H-,66,68,70,71)/p+1/b14-11+,22-19-,23-20+,30-28-,31-29+,34-33-,56-53+. The van der Waals surface area contributed by atoms with E-state index in [9.17, 15) is 19.0 Å². The normalized spacial score (nSPS) is 14.3. The molecule has 1 amide bonds. The minimum Gasteiger partial charge on any atom is -0.456 e. The molecule has 9 nitrogen and oxygen atoms in total. The molecule has 0 rings (SSSR count). The number of hydrogen-bond donors (Lipinski definition) is 2. The first kappa shape index (κ1) is 72.2. The molecule has 0 saturated heterocycles. The molecule has 0 aliphatic rings. The van der Waals surface area contributed by atoms with Crippen LogP contribution in [0.25, 0.3) is 0 Å². The highest BCUT2D eigenvalue weighted by Crippen LogP contribution is 2.43. The third-order valence-corrected chi connectivity index (χ3v) is 14.3. The van der Waals surface area contributed by atoms with Crippen LogP contribution in [-0.4, -0.2) is 74.3 Å². The van der Waals surface area contributed by atoms with Crippen molar-refractivity contribution in [1.82, 2.24) is 5.32 Å². The van der Waals surface area contributed by atoms with Gasteiger partial charge in [0.25, 0.3) is 0 Å². The fraction of sp³-hybridized carbons (Fsp3) is 0.754. The fourth-order valence-corrected chi connectivity index (χ4v) is 9.29. The third kappa shape index (κ3) is 55.7. The predicted molar refractivity (Wildman–Crippen MR) is 323 cm³/mol. The van der Waals surface area contributed by atoms with Crippen LogP contribution in [-0.2, 0) is 27.9 Å². The molecule has 0 heterocycles. The van der Waals surface area contributed by atoms with Crippen LogP contribution in [0.3, 0.4) is 0 Å². The van der Waals surface area contributed by atoms with E-state index in [1.165, 1.54) is 109 Å². The molecule has 0 aromatic carbocycles. The van der Waals surface area contributed by atoms with E-state index in [0.717, 1.165) is 122 Å². The van der Waals surface area contributed by atoms with Gasteiger partial charge >= 0.3 is 13.8 Å². The molecule has 0 aliphatic carbocycles. The summed E-state index contributed by atoms with van der Waals surface area (Å²) >= 11 is 0. The van der Waals surface area contributed by atoms with Gasteiger partial charge in [0.2, 0.25) is 5.91 Å². The molecular formula is C65H118N2O7P+. The van der Waals surface area contributed by atoms with Crippen molar-refractivity contribution >= 4 is 19.7 Å². The Morgan fingerprint density at radius 3 is 1.31 bits per heavy atom. The SMILES string of the molecule is CC/C=C/C/C=C/C/C=C/CCCCCCCCC(=O)NC(COP(=O)(O)OCC[N+](C)(C)C)C(/C=C/CCCCCCCCCCCC)OC(=O)CCCCCCCCCC/C=C\C/C=C\C/C=C\CCCCC. The number of carbonyl (C=O) groups is 2. The number of nitrogens with zero attached hydrogens (tertiary/aromatic N) is 1. The maximum absolute atomic E-state index is 13.5. The summed E-state index contributed by atoms with van der Waals surface area (Å²) in [5, 5.41) is 3.05. The first-order valence-corrected chi connectivity index (χ1v) is 32.4. The van der Waals surface area contributed by atoms with E-state index in [1.54, 1.807) is 0 Å². The van der Waals surface area contributed by atoms with Gasteiger partial charge in [-0.25, -0.2) is 4.57 Å². The highest BCUT2D eigenvalue weighted by Gasteiger charge is 2.30. The van der Waals surface area contributed by atoms with Crippen LogP contribution in [0.5, 0.6) is 0 Å². The van der Waals surface area contributed by atoms with Crippen molar-refractivity contribution in [3.05, 3.63) is 85.1 Å². The second-order valence-corrected chi connectivity index (χ2v) is 23.3. The van der Waals surface area contributed by atoms with Gasteiger partial charge in [-0.3, -0.25) is 18.6 Å². The van der Waals surface area contributed by atoms with Gasteiger partial charge in [0.1, 0.15) is 19.3 Å². The molecule has 3 unspecified atom stereocenters. The average Bonchev–Trinajstić information content (AvgIpc) is 3.37. The van der Waals surface area contributed by atoms with E-state index < -0.39 is 20.0 Å². The highest BCUT2D eigenvalue weighted by atomic mass is 31.2. The number of rotatable bonds is 55. The van der Waals surface area contributed by atoms with E-state index >= 15 is 0 Å². The lowest BCUT2D eigenvalue weighted by Crippen LogP contribution is -2.47. The van der Waals surface area contributed by atoms with E-state index in [2.05, 4.69) is 99.0 Å². The third-order valence-electron chi connectivity index (χ3n) is 13.3. The Bertz CT molecular complexity index is 1560. The maximum Gasteiger partial charge on any atom is 0.472 e. The second kappa shape index (κ2) is 54.5. The van der Waals surface area contributed by atoms with Gasteiger partial charge in [-0.1, -0.05) is 235 Å². The van der Waals surface area contributed by atoms with Crippen molar-refractivity contribution in [2.75, 3.05) is 40.9 Å². The Morgan fingerprint density at radius 2 is 0.853 bits per heavy atom. The summed E-state index contributed by atoms with van der Waals surface area (Å²) < 4.78 is 30.7. The van der Waals surface area contributed by atoms with Crippen LogP contribution < -0.4 is 5.32 Å². The van der Waals surface area contributed by atoms with E-state index in [-0.39, 0.29) is 31.5 Å². The number of hydrogen-bond acceptors (Lipinski definition) is 6. The number of esters is 1. The predicted octanol–water partition coefficient (Wildman–Crippen LogP) is 19.0. The molecule has 2 N–H and O–H groups in total. The van der Waals surface area contributed by atoms with Crippen molar-refractivity contribution in [2.24, 2.45) is 0 Å². The molecule has 0 aromatic heterocycles. The van der Waals surface area contributed by atoms with Gasteiger partial charge in [-0.15, -0.1) is 0 Å². The molecule has 0 radical (unpaired) electrons. The molecular weight excluding hydrogens is 952 g/mol. The van der Waals surface area contributed by atoms with E-state index in [1.807, 2.05) is 33.3 Å². The number of quaternary nitrogens is 1. The summed E-state index contributed by atoms with van der Waals surface area (Å²) in [5.74, 6) is -0.529. The van der Waals surface area contributed by atoms with Crippen molar-refractivity contribution in [1.29, 1.82) is 0 Å². The minimum atomic E-state index is -4.46. The zero-order valence-electron chi connectivity index (χ0n) is 49.5. The van der Waals surface area contributed by atoms with Crippen LogP contribution in [0.1, 0.15) is 265 Å². The number of ether oxygens (including phenoxy) is 1. The molecule has 75 heavy (non-hydrogen) atoms. The number of likely N-dealkylation sites (N-methyl/N-ethyl adjacent to an activating group) is 1. The first-order valence-electron chi connectivity index (χ1n) is 30.9. The number of phosphoric acid groups is 1. The van der Waals surface area contributed by atoms with Crippen molar-refractivity contribution in [2.45, 2.75) is 277 Å². The summed E-state index contributed by atoms with van der Waals surface area (Å²) in [6, 6.07) is -0.862. The van der Waals surface area contributed by atoms with Gasteiger partial charge in [-0.05, 0) is 102 Å². The summed E-state index contributed by atoms with van der Waals surface area (Å²) in [5.41, 5.74) is 0. The van der Waals surface area contributed by atoms with E-state index in [0.29, 0.717) is 17.4 Å². The number of carbonyl (C=O) groups excluding carboxylic acids is 2. The first-order chi connectivity index (χ1) is 36.4. The lowest BCUT2D eigenvalue weighted by molar-refractivity contribution is -0.870. The van der Waals surface area contributed by atoms with E-state index in [4.69, 9.17) is 13.8 Å². The number of unbranched alkanes of at least 4 members (excludes halogenated alkanes) is 27. The number of amides is 1. The molecule has 0 aliphatic heterocycles. The molecule has 0 bridgehead atoms. The fourth-order valence-electron chi connectivity index (χ4n) is 8.55. The van der Waals surface area contributed by atoms with Crippen LogP contribution in [0.4, 0.5) is 0 Å². The Morgan fingerprint density at radius 1 is 0.480 bits per heavy atom. The van der Waals surface area contributed by atoms with Crippen LogP contribution in [0, 0.1) is 0 Å². The van der Waals surface area contributed by atoms with Gasteiger partial charge in [0, 0.05) is 12.8 Å². The van der Waals surface area contributed by atoms with Gasteiger partial charge in [0.05, 0.1) is 33.8 Å². The minimum absolute atomic E-state index is 0.0328. The lowest BCUT2D eigenvalue weighted by atomic mass is 10.0.